The fraction of sp³-hybridized carbons (Fsp3) is 0.467. The molecule has 10 heteroatoms. The zero-order chi connectivity index (χ0) is 28.1. The van der Waals surface area contributed by atoms with Gasteiger partial charge in [-0.15, -0.1) is 0 Å². The molecule has 9 rings (SSSR count). The number of allylic oxidation sites excluding steroid dienone is 2. The third kappa shape index (κ3) is 2.83. The molecule has 8 aliphatic rings. The van der Waals surface area contributed by atoms with E-state index in [-0.39, 0.29) is 23.2 Å². The third-order valence-corrected chi connectivity index (χ3v) is 10.3. The highest BCUT2D eigenvalue weighted by Gasteiger charge is 2.67. The van der Waals surface area contributed by atoms with E-state index in [1.165, 1.54) is 20.3 Å². The van der Waals surface area contributed by atoms with E-state index >= 15 is 0 Å². The van der Waals surface area contributed by atoms with Crippen molar-refractivity contribution >= 4 is 46.9 Å². The summed E-state index contributed by atoms with van der Waals surface area (Å²) in [5.74, 6) is -6.33. The van der Waals surface area contributed by atoms with Gasteiger partial charge in [-0.05, 0) is 55.7 Å². The molecule has 2 saturated heterocycles. The Balaban J connectivity index is 1.25. The number of imide groups is 2. The van der Waals surface area contributed by atoms with Crippen LogP contribution >= 0.6 is 0 Å². The Morgan fingerprint density at radius 2 is 1.15 bits per heavy atom. The number of anilines is 2. The molecule has 1 aromatic carbocycles. The van der Waals surface area contributed by atoms with Crippen molar-refractivity contribution in [3.8, 4) is 0 Å². The van der Waals surface area contributed by atoms with Gasteiger partial charge in [-0.3, -0.25) is 28.8 Å². The second-order valence-corrected chi connectivity index (χ2v) is 11.7. The van der Waals surface area contributed by atoms with Crippen molar-refractivity contribution < 1.29 is 38.2 Å². The lowest BCUT2D eigenvalue weighted by Gasteiger charge is -2.45. The number of carbonyl (C=O) groups is 6. The van der Waals surface area contributed by atoms with E-state index in [2.05, 4.69) is 0 Å². The monoisotopic (exact) mass is 544 g/mol. The molecule has 10 nitrogen and oxygen atoms in total. The van der Waals surface area contributed by atoms with E-state index < -0.39 is 70.1 Å². The summed E-state index contributed by atoms with van der Waals surface area (Å²) >= 11 is 0. The van der Waals surface area contributed by atoms with Crippen molar-refractivity contribution in [2.45, 2.75) is 25.7 Å². The Bertz CT molecular complexity index is 1370. The topological polar surface area (TPSA) is 127 Å². The molecule has 4 fully saturated rings. The average Bonchev–Trinajstić information content (AvgIpc) is 3.44. The van der Waals surface area contributed by atoms with Crippen molar-refractivity contribution in [3.63, 3.8) is 0 Å². The first-order chi connectivity index (χ1) is 19.2. The molecule has 2 heterocycles. The van der Waals surface area contributed by atoms with Crippen LogP contribution < -0.4 is 9.80 Å². The Kier molecular flexibility index (Phi) is 5.12. The normalized spacial score (nSPS) is 38.6. The van der Waals surface area contributed by atoms with E-state index in [0.29, 0.717) is 25.7 Å². The van der Waals surface area contributed by atoms with Crippen LogP contribution in [0.5, 0.6) is 0 Å². The summed E-state index contributed by atoms with van der Waals surface area (Å²) in [7, 11) is 2.55. The first-order valence-electron chi connectivity index (χ1n) is 13.6. The molecule has 4 amide bonds. The Labute approximate surface area is 229 Å². The molecule has 2 aliphatic heterocycles. The third-order valence-electron chi connectivity index (χ3n) is 10.3. The number of methoxy groups -OCH3 is 2. The van der Waals surface area contributed by atoms with Gasteiger partial charge in [0.15, 0.2) is 0 Å². The zero-order valence-corrected chi connectivity index (χ0v) is 22.1. The van der Waals surface area contributed by atoms with Crippen molar-refractivity contribution in [1.82, 2.24) is 0 Å². The summed E-state index contributed by atoms with van der Waals surface area (Å²) in [6.45, 7) is 0. The van der Waals surface area contributed by atoms with Crippen LogP contribution in [0.1, 0.15) is 25.7 Å². The minimum Gasteiger partial charge on any atom is -0.468 e. The molecule has 0 spiro atoms. The van der Waals surface area contributed by atoms with E-state index in [1.807, 2.05) is 12.2 Å². The van der Waals surface area contributed by atoms with E-state index in [0.717, 1.165) is 9.80 Å². The number of carbonyl (C=O) groups excluding carboxylic acids is 6. The van der Waals surface area contributed by atoms with E-state index in [4.69, 9.17) is 9.47 Å². The van der Waals surface area contributed by atoms with E-state index in [9.17, 15) is 28.8 Å². The molecule has 4 bridgehead atoms. The number of esters is 2. The smallest absolute Gasteiger partial charge is 0.316 e. The molecular formula is C30H28N2O8. The van der Waals surface area contributed by atoms with Gasteiger partial charge in [0.2, 0.25) is 23.6 Å². The summed E-state index contributed by atoms with van der Waals surface area (Å²) in [6.07, 6.45) is 9.17. The lowest BCUT2D eigenvalue weighted by Crippen LogP contribution is -2.51. The zero-order valence-electron chi connectivity index (χ0n) is 22.1. The van der Waals surface area contributed by atoms with Crippen LogP contribution in [-0.2, 0) is 38.2 Å². The highest BCUT2D eigenvalue weighted by molar-refractivity contribution is 6.26. The molecular weight excluding hydrogens is 516 g/mol. The summed E-state index contributed by atoms with van der Waals surface area (Å²) < 4.78 is 10.1. The first kappa shape index (κ1) is 24.9. The molecule has 40 heavy (non-hydrogen) atoms. The molecule has 0 aromatic heterocycles. The predicted molar refractivity (Wildman–Crippen MR) is 138 cm³/mol. The van der Waals surface area contributed by atoms with E-state index in [1.54, 1.807) is 30.4 Å². The first-order valence-corrected chi connectivity index (χ1v) is 13.6. The fourth-order valence-corrected chi connectivity index (χ4v) is 8.46. The number of amides is 4. The van der Waals surface area contributed by atoms with Gasteiger partial charge in [0.1, 0.15) is 0 Å². The van der Waals surface area contributed by atoms with Gasteiger partial charge in [-0.2, -0.15) is 0 Å². The quantitative estimate of drug-likeness (QED) is 0.321. The summed E-state index contributed by atoms with van der Waals surface area (Å²) in [5.41, 5.74) is -1.95. The minimum atomic E-state index is -1.20. The molecule has 206 valence electrons. The van der Waals surface area contributed by atoms with Crippen LogP contribution in [0.3, 0.4) is 0 Å². The maximum absolute atomic E-state index is 13.8. The maximum atomic E-state index is 13.8. The van der Waals surface area contributed by atoms with Crippen molar-refractivity contribution in [2.24, 2.45) is 46.3 Å². The van der Waals surface area contributed by atoms with Gasteiger partial charge in [0.25, 0.3) is 0 Å². The van der Waals surface area contributed by atoms with Crippen LogP contribution in [0.2, 0.25) is 0 Å². The lowest BCUT2D eigenvalue weighted by atomic mass is 9.55. The average molecular weight is 545 g/mol. The van der Waals surface area contributed by atoms with Crippen LogP contribution in [0.25, 0.3) is 0 Å². The Morgan fingerprint density at radius 1 is 0.725 bits per heavy atom. The van der Waals surface area contributed by atoms with Crippen molar-refractivity contribution in [2.75, 3.05) is 24.0 Å². The van der Waals surface area contributed by atoms with Gasteiger partial charge in [-0.25, -0.2) is 9.80 Å². The second-order valence-electron chi connectivity index (χ2n) is 11.7. The molecule has 6 aliphatic carbocycles. The Morgan fingerprint density at radius 3 is 1.50 bits per heavy atom. The highest BCUT2D eigenvalue weighted by Crippen LogP contribution is 2.59. The predicted octanol–water partition coefficient (Wildman–Crippen LogP) is 2.18. The number of benzene rings is 1. The van der Waals surface area contributed by atoms with Gasteiger partial charge in [-0.1, -0.05) is 30.4 Å². The maximum Gasteiger partial charge on any atom is 0.316 e. The van der Waals surface area contributed by atoms with Crippen molar-refractivity contribution in [1.29, 1.82) is 0 Å². The number of ether oxygens (including phenoxy) is 2. The fourth-order valence-electron chi connectivity index (χ4n) is 8.46. The van der Waals surface area contributed by atoms with Crippen LogP contribution in [0.4, 0.5) is 11.4 Å². The van der Waals surface area contributed by atoms with Gasteiger partial charge < -0.3 is 9.47 Å². The number of nitrogens with zero attached hydrogens (tertiary/aromatic N) is 2. The molecule has 0 radical (unpaired) electrons. The van der Waals surface area contributed by atoms with Crippen LogP contribution in [0.15, 0.2) is 48.6 Å². The van der Waals surface area contributed by atoms with Crippen LogP contribution in [-0.4, -0.2) is 49.8 Å². The molecule has 2 saturated carbocycles. The number of hydrogen-bond donors (Lipinski definition) is 0. The molecule has 0 N–H and O–H groups in total. The van der Waals surface area contributed by atoms with Crippen LogP contribution in [0, 0.1) is 46.3 Å². The largest absolute Gasteiger partial charge is 0.468 e. The van der Waals surface area contributed by atoms with Gasteiger partial charge in [0.05, 0.1) is 60.1 Å². The molecule has 8 unspecified atom stereocenters. The summed E-state index contributed by atoms with van der Waals surface area (Å²) in [5, 5.41) is 0. The van der Waals surface area contributed by atoms with Gasteiger partial charge >= 0.3 is 11.9 Å². The summed E-state index contributed by atoms with van der Waals surface area (Å²) in [4.78, 5) is 83.0. The Hall–Kier alpha value is -4.08. The second kappa shape index (κ2) is 8.22. The highest BCUT2D eigenvalue weighted by atomic mass is 16.5. The summed E-state index contributed by atoms with van der Waals surface area (Å²) in [6, 6.07) is 6.23. The number of fused-ring (bicyclic) bond motifs is 2. The van der Waals surface area contributed by atoms with Gasteiger partial charge in [0, 0.05) is 0 Å². The van der Waals surface area contributed by atoms with Crippen molar-refractivity contribution in [3.05, 3.63) is 48.6 Å². The minimum absolute atomic E-state index is 0.163. The number of hydrogen-bond acceptors (Lipinski definition) is 8. The lowest BCUT2D eigenvalue weighted by molar-refractivity contribution is -0.161. The number of rotatable bonds is 4. The standard InChI is InChI=1S/C30H28N2O8/c1-39-27(37)29-10-6-15(7-11-29)19-21(29)25(35)31(23(19)33)17-4-3-5-18(14-17)32-24(34)20-16-8-12-30(13-9-16,28(38)40-2)22(20)26(32)36/h3-6,8,10,12,14-16,19-22H,7,9,11,13H2,1-2H3. The molecule has 1 aromatic rings. The SMILES string of the molecule is COC(=O)C12C=CC(CC1)C1C(=O)N(c3cccc(N4C(=O)C5C6C=CC(C(=O)OC)(CC6)C5C4=O)c3)C(=O)C12. The molecule has 8 atom stereocenters.